The molecule has 2 saturated carbocycles. The third kappa shape index (κ3) is 16.5. The van der Waals surface area contributed by atoms with Crippen LogP contribution in [0.25, 0.3) is 33.8 Å². The molecule has 0 bridgehead atoms. The van der Waals surface area contributed by atoms with Gasteiger partial charge in [0, 0.05) is 48.4 Å². The van der Waals surface area contributed by atoms with Crippen LogP contribution >= 0.6 is 0 Å². The van der Waals surface area contributed by atoms with Gasteiger partial charge in [-0.25, -0.2) is 27.6 Å². The van der Waals surface area contributed by atoms with Crippen molar-refractivity contribution < 1.29 is 107 Å². The van der Waals surface area contributed by atoms with E-state index in [1.165, 1.54) is 69.8 Å². The summed E-state index contributed by atoms with van der Waals surface area (Å²) in [5.74, 6) is -5.90. The fourth-order valence-electron chi connectivity index (χ4n) is 14.0. The van der Waals surface area contributed by atoms with Crippen molar-refractivity contribution in [2.45, 2.75) is 220 Å². The Bertz CT molecular complexity index is 3730. The lowest BCUT2D eigenvalue weighted by Gasteiger charge is -2.49. The minimum absolute atomic E-state index is 0.0153. The molecule has 3 aromatic heterocycles. The summed E-state index contributed by atoms with van der Waals surface area (Å²) in [7, 11) is 0. The van der Waals surface area contributed by atoms with Gasteiger partial charge in [-0.2, -0.15) is 0 Å². The number of nitrogens with one attached hydrogen (secondary N) is 2. The lowest BCUT2D eigenvalue weighted by molar-refractivity contribution is -0.337. The SMILES string of the molecule is CCC[C@H](OC1C(NC(C)=O)[C@H](O[C@@H]2CC(C(=O)CCCNC(=O)[C@H]3CC(n4cc(-c5cccc(F)c5)nn4)C(O)[C@H](O[C@@H]4OC(CC)[C@H](O)C(n5cc(-c6cccc(F)c6)nn5)[C@H]4O)C3)CC(n3cc(-c4ccccc4)nn3)[C@H]2O[C@@H]2OC(C)[C@@H](O)[C@H](O)C2O)O[C@@H](CO)[C@@H]1O)C(=O)O. The normalized spacial score (nSPS) is 33.5. The summed E-state index contributed by atoms with van der Waals surface area (Å²) in [6.07, 6.45) is -22.4. The highest BCUT2D eigenvalue weighted by molar-refractivity contribution is 5.82. The highest BCUT2D eigenvalue weighted by atomic mass is 19.1. The molecule has 11 rings (SSSR count). The zero-order valence-corrected chi connectivity index (χ0v) is 55.2. The maximum atomic E-state index is 15.0. The van der Waals surface area contributed by atoms with E-state index < -0.39 is 182 Å². The van der Waals surface area contributed by atoms with Crippen molar-refractivity contribution >= 4 is 23.6 Å². The van der Waals surface area contributed by atoms with E-state index in [2.05, 4.69) is 41.6 Å². The van der Waals surface area contributed by atoms with E-state index in [1.54, 1.807) is 56.4 Å². The standard InChI is InChI=1S/C67H85F2N11O20/c1-5-13-48(64(92)93)95-62-52(71-33(4)82)65(99-51(31-81)57(62)87)98-50-26-37(24-45(79-28-41(72-76-79)34-14-8-7-9-15-34)61(50)100-67-60(90)59(89)54(84)32(3)94-67)46(83)20-12-21-70-63(91)38-25-44(78-29-42(73-75-78)35-16-10-18-39(68)22-35)55(85)49(27-38)97-66-58(88)53(56(86)47(6-2)96-66)80-30-43(74-77-80)36-17-11-19-40(69)23-36/h7-11,14-19,22-23,28-30,32,37-38,44-45,47-62,65-67,81,84-90H,5-6,12-13,20-21,24-27,31H2,1-4H3,(H,70,91)(H,71,82)(H,92,93)/t32?,37?,38-,44?,45?,47?,48-,49+,50+,51-,52?,53?,54+,55?,56-,57-,58+,59-,60?,61+,62?,65+,66-,67-/m0/s1. The summed E-state index contributed by atoms with van der Waals surface area (Å²) < 4.78 is 77.1. The molecule has 0 spiro atoms. The minimum Gasteiger partial charge on any atom is -0.479 e. The van der Waals surface area contributed by atoms with Gasteiger partial charge in [0.2, 0.25) is 11.8 Å². The van der Waals surface area contributed by atoms with Crippen molar-refractivity contribution in [1.29, 1.82) is 0 Å². The molecule has 3 aromatic carbocycles. The Morgan fingerprint density at radius 3 is 1.82 bits per heavy atom. The van der Waals surface area contributed by atoms with Crippen LogP contribution in [-0.4, -0.2) is 244 Å². The van der Waals surface area contributed by atoms with Gasteiger partial charge in [0.15, 0.2) is 25.0 Å². The van der Waals surface area contributed by atoms with E-state index in [1.807, 2.05) is 6.07 Å². The maximum Gasteiger partial charge on any atom is 0.332 e. The van der Waals surface area contributed by atoms with E-state index in [9.17, 15) is 69.1 Å². The zero-order valence-electron chi connectivity index (χ0n) is 55.2. The topological polar surface area (TPSA) is 431 Å². The number of aliphatic hydroxyl groups is 8. The summed E-state index contributed by atoms with van der Waals surface area (Å²) in [6.45, 7) is 5.15. The molecule has 6 heterocycles. The number of aliphatic carboxylic acids is 1. The molecule has 10 unspecified atom stereocenters. The molecule has 33 heteroatoms. The molecule has 2 aliphatic carbocycles. The Hall–Kier alpha value is -7.58. The van der Waals surface area contributed by atoms with Gasteiger partial charge in [0.05, 0.1) is 61.7 Å². The first-order valence-corrected chi connectivity index (χ1v) is 33.6. The van der Waals surface area contributed by atoms with Gasteiger partial charge in [-0.05, 0) is 76.1 Å². The van der Waals surface area contributed by atoms with E-state index in [0.717, 1.165) is 6.92 Å². The van der Waals surface area contributed by atoms with Crippen molar-refractivity contribution in [3.05, 3.63) is 109 Å². The number of ketones is 1. The molecule has 3 saturated heterocycles. The number of aliphatic hydroxyl groups excluding tert-OH is 8. The number of benzene rings is 3. The number of carboxylic acids is 1. The molecule has 31 nitrogen and oxygen atoms in total. The molecule has 2 amide bonds. The predicted octanol–water partition coefficient (Wildman–Crippen LogP) is 1.47. The average Bonchev–Trinajstić information content (AvgIpc) is 1.15. The molecule has 3 aliphatic heterocycles. The molecular weight excluding hydrogens is 1320 g/mol. The van der Waals surface area contributed by atoms with Crippen LogP contribution in [0.1, 0.15) is 104 Å². The Morgan fingerprint density at radius 2 is 1.20 bits per heavy atom. The number of amides is 2. The summed E-state index contributed by atoms with van der Waals surface area (Å²) in [5.41, 5.74) is 2.31. The van der Waals surface area contributed by atoms with E-state index in [0.29, 0.717) is 28.8 Å². The number of carbonyl (C=O) groups excluding carboxylic acids is 3. The fourth-order valence-corrected chi connectivity index (χ4v) is 14.0. The Kier molecular flexibility index (Phi) is 24.0. The summed E-state index contributed by atoms with van der Waals surface area (Å²) in [6, 6.07) is 15.4. The van der Waals surface area contributed by atoms with Crippen molar-refractivity contribution in [2.75, 3.05) is 13.2 Å². The van der Waals surface area contributed by atoms with Gasteiger partial charge in [0.1, 0.15) is 108 Å². The van der Waals surface area contributed by atoms with Crippen LogP contribution in [-0.2, 0) is 52.3 Å². The largest absolute Gasteiger partial charge is 0.479 e. The van der Waals surface area contributed by atoms with Crippen molar-refractivity contribution in [3.8, 4) is 33.8 Å². The zero-order chi connectivity index (χ0) is 71.2. The number of halogens is 2. The van der Waals surface area contributed by atoms with Crippen LogP contribution in [0.4, 0.5) is 8.78 Å². The third-order valence-corrected chi connectivity index (χ3v) is 19.3. The smallest absolute Gasteiger partial charge is 0.332 e. The molecule has 0 radical (unpaired) electrons. The van der Waals surface area contributed by atoms with Gasteiger partial charge >= 0.3 is 5.97 Å². The lowest BCUT2D eigenvalue weighted by Crippen LogP contribution is -2.67. The molecule has 5 fully saturated rings. The molecule has 100 heavy (non-hydrogen) atoms. The number of ether oxygens (including phenoxy) is 7. The van der Waals surface area contributed by atoms with Crippen LogP contribution in [0.5, 0.6) is 0 Å². The second-order valence-electron chi connectivity index (χ2n) is 26.2. The second-order valence-corrected chi connectivity index (χ2v) is 26.2. The first kappa shape index (κ1) is 73.6. The summed E-state index contributed by atoms with van der Waals surface area (Å²) in [4.78, 5) is 55.3. The molecule has 11 N–H and O–H groups in total. The van der Waals surface area contributed by atoms with Crippen molar-refractivity contribution in [1.82, 2.24) is 55.6 Å². The number of hydrogen-bond donors (Lipinski definition) is 11. The average molecular weight is 1400 g/mol. The predicted molar refractivity (Wildman–Crippen MR) is 341 cm³/mol. The highest BCUT2D eigenvalue weighted by Gasteiger charge is 2.55. The number of aromatic nitrogens is 9. The van der Waals surface area contributed by atoms with Crippen LogP contribution in [0, 0.1) is 23.5 Å². The Labute approximate surface area is 572 Å². The fraction of sp³-hybridized carbons (Fsp3) is 0.582. The number of carboxylic acid groups (broad SMARTS) is 1. The van der Waals surface area contributed by atoms with Gasteiger partial charge in [0.25, 0.3) is 0 Å². The first-order valence-electron chi connectivity index (χ1n) is 33.6. The van der Waals surface area contributed by atoms with Crippen molar-refractivity contribution in [3.63, 3.8) is 0 Å². The van der Waals surface area contributed by atoms with E-state index in [4.69, 9.17) is 33.2 Å². The monoisotopic (exact) mass is 1400 g/mol. The molecule has 6 aromatic rings. The maximum absolute atomic E-state index is 15.0. The van der Waals surface area contributed by atoms with Crippen molar-refractivity contribution in [2.24, 2.45) is 11.8 Å². The molecule has 542 valence electrons. The van der Waals surface area contributed by atoms with Gasteiger partial charge in [-0.1, -0.05) is 90.5 Å². The number of hydrogen-bond acceptors (Lipinski definition) is 25. The summed E-state index contributed by atoms with van der Waals surface area (Å²) >= 11 is 0. The highest BCUT2D eigenvalue weighted by Crippen LogP contribution is 2.43. The second kappa shape index (κ2) is 32.6. The molecule has 5 aliphatic rings. The van der Waals surface area contributed by atoms with Crippen LogP contribution in [0.15, 0.2) is 97.5 Å². The van der Waals surface area contributed by atoms with E-state index in [-0.39, 0.29) is 75.1 Å². The van der Waals surface area contributed by atoms with Gasteiger partial charge in [-0.15, -0.1) is 15.3 Å². The lowest BCUT2D eigenvalue weighted by atomic mass is 9.78. The van der Waals surface area contributed by atoms with Crippen LogP contribution < -0.4 is 10.6 Å². The Morgan fingerprint density at radius 1 is 0.620 bits per heavy atom. The van der Waals surface area contributed by atoms with Gasteiger partial charge < -0.3 is 89.8 Å². The Balaban J connectivity index is 0.852. The number of rotatable bonds is 26. The first-order chi connectivity index (χ1) is 48.0. The quantitative estimate of drug-likeness (QED) is 0.0343. The van der Waals surface area contributed by atoms with Crippen LogP contribution in [0.3, 0.4) is 0 Å². The number of carbonyl (C=O) groups is 4. The van der Waals surface area contributed by atoms with Gasteiger partial charge in [-0.3, -0.25) is 14.4 Å². The van der Waals surface area contributed by atoms with Crippen LogP contribution in [0.2, 0.25) is 0 Å². The number of Topliss-reactive ketones (excluding diaryl/α,β-unsaturated/α-hetero) is 1. The molecule has 24 atom stereocenters. The molecular formula is C67H85F2N11O20. The third-order valence-electron chi connectivity index (χ3n) is 19.3. The number of nitrogens with zero attached hydrogens (tertiary/aromatic N) is 9. The minimum atomic E-state index is -1.86. The van der Waals surface area contributed by atoms with E-state index >= 15 is 4.79 Å². The summed E-state index contributed by atoms with van der Waals surface area (Å²) in [5, 5.41) is 133.